The van der Waals surface area contributed by atoms with Crippen molar-refractivity contribution < 1.29 is 0 Å². The predicted octanol–water partition coefficient (Wildman–Crippen LogP) is 3.57. The van der Waals surface area contributed by atoms with Crippen LogP contribution in [-0.2, 0) is 6.54 Å². The smallest absolute Gasteiger partial charge is 0.0844 e. The molecule has 2 aromatic rings. The fourth-order valence-corrected chi connectivity index (χ4v) is 2.10. The van der Waals surface area contributed by atoms with Crippen LogP contribution < -0.4 is 5.32 Å². The van der Waals surface area contributed by atoms with Gasteiger partial charge in [0.25, 0.3) is 0 Å². The highest BCUT2D eigenvalue weighted by molar-refractivity contribution is 6.31. The summed E-state index contributed by atoms with van der Waals surface area (Å²) in [6.07, 6.45) is 0. The maximum atomic E-state index is 6.12. The molecule has 1 aromatic carbocycles. The molecule has 3 nitrogen and oxygen atoms in total. The van der Waals surface area contributed by atoms with E-state index in [9.17, 15) is 0 Å². The van der Waals surface area contributed by atoms with E-state index in [-0.39, 0.29) is 0 Å². The molecule has 0 amide bonds. The second kappa shape index (κ2) is 5.44. The van der Waals surface area contributed by atoms with Crippen molar-refractivity contribution in [3.63, 3.8) is 0 Å². The molecule has 0 saturated heterocycles. The largest absolute Gasteiger partial charge is 0.383 e. The Bertz CT molecular complexity index is 546. The van der Waals surface area contributed by atoms with Gasteiger partial charge in [0.15, 0.2) is 0 Å². The van der Waals surface area contributed by atoms with Crippen LogP contribution in [0.25, 0.3) is 0 Å². The standard InChI is InChI=1S/C14H18ClN3/c1-10-6-4-5-7-13(10)16-8-9-18-12(3)14(15)11(2)17-18/h4-7,16H,8-9H2,1-3H3. The number of hydrogen-bond donors (Lipinski definition) is 1. The molecular weight excluding hydrogens is 246 g/mol. The Labute approximate surface area is 113 Å². The fourth-order valence-electron chi connectivity index (χ4n) is 1.96. The lowest BCUT2D eigenvalue weighted by Crippen LogP contribution is -2.13. The molecule has 1 heterocycles. The minimum atomic E-state index is 0.769. The van der Waals surface area contributed by atoms with E-state index >= 15 is 0 Å². The SMILES string of the molecule is Cc1ccccc1NCCn1nc(C)c(Cl)c1C. The summed E-state index contributed by atoms with van der Waals surface area (Å²) in [7, 11) is 0. The van der Waals surface area contributed by atoms with Crippen molar-refractivity contribution in [1.82, 2.24) is 9.78 Å². The highest BCUT2D eigenvalue weighted by Crippen LogP contribution is 2.19. The normalized spacial score (nSPS) is 10.7. The van der Waals surface area contributed by atoms with E-state index in [4.69, 9.17) is 11.6 Å². The quantitative estimate of drug-likeness (QED) is 0.914. The number of benzene rings is 1. The monoisotopic (exact) mass is 263 g/mol. The minimum absolute atomic E-state index is 0.769. The van der Waals surface area contributed by atoms with Crippen molar-refractivity contribution in [2.45, 2.75) is 27.3 Å². The third kappa shape index (κ3) is 2.67. The van der Waals surface area contributed by atoms with Gasteiger partial charge in [0.05, 0.1) is 23.0 Å². The minimum Gasteiger partial charge on any atom is -0.383 e. The van der Waals surface area contributed by atoms with Gasteiger partial charge < -0.3 is 5.32 Å². The molecule has 0 aliphatic heterocycles. The van der Waals surface area contributed by atoms with Gasteiger partial charge in [-0.25, -0.2) is 0 Å². The lowest BCUT2D eigenvalue weighted by Gasteiger charge is -2.10. The first-order valence-corrected chi connectivity index (χ1v) is 6.46. The van der Waals surface area contributed by atoms with Crippen LogP contribution in [0.1, 0.15) is 17.0 Å². The Kier molecular flexibility index (Phi) is 3.92. The van der Waals surface area contributed by atoms with E-state index in [1.165, 1.54) is 11.3 Å². The summed E-state index contributed by atoms with van der Waals surface area (Å²) in [6.45, 7) is 7.68. The highest BCUT2D eigenvalue weighted by Gasteiger charge is 2.08. The van der Waals surface area contributed by atoms with Gasteiger partial charge in [0.2, 0.25) is 0 Å². The van der Waals surface area contributed by atoms with E-state index in [2.05, 4.69) is 29.5 Å². The zero-order chi connectivity index (χ0) is 13.1. The predicted molar refractivity (Wildman–Crippen MR) is 76.4 cm³/mol. The van der Waals surface area contributed by atoms with Crippen LogP contribution in [0.4, 0.5) is 5.69 Å². The number of aromatic nitrogens is 2. The second-order valence-corrected chi connectivity index (χ2v) is 4.83. The summed E-state index contributed by atoms with van der Waals surface area (Å²) in [5.74, 6) is 0. The molecule has 1 N–H and O–H groups in total. The summed E-state index contributed by atoms with van der Waals surface area (Å²) in [4.78, 5) is 0. The summed E-state index contributed by atoms with van der Waals surface area (Å²) in [5, 5.41) is 8.59. The fraction of sp³-hybridized carbons (Fsp3) is 0.357. The molecule has 0 atom stereocenters. The molecule has 0 aliphatic carbocycles. The van der Waals surface area contributed by atoms with Crippen LogP contribution in [0.2, 0.25) is 5.02 Å². The van der Waals surface area contributed by atoms with Crippen molar-refractivity contribution in [3.05, 3.63) is 46.2 Å². The van der Waals surface area contributed by atoms with Gasteiger partial charge in [-0.15, -0.1) is 0 Å². The topological polar surface area (TPSA) is 29.9 Å². The molecule has 18 heavy (non-hydrogen) atoms. The van der Waals surface area contributed by atoms with Gasteiger partial charge in [-0.3, -0.25) is 4.68 Å². The average Bonchev–Trinajstić information content (AvgIpc) is 2.60. The average molecular weight is 264 g/mol. The number of para-hydroxylation sites is 1. The van der Waals surface area contributed by atoms with Crippen LogP contribution in [0, 0.1) is 20.8 Å². The molecule has 4 heteroatoms. The number of rotatable bonds is 4. The molecule has 0 saturated carbocycles. The molecule has 1 aromatic heterocycles. The Morgan fingerprint density at radius 1 is 1.22 bits per heavy atom. The number of aryl methyl sites for hydroxylation is 2. The molecule has 0 aliphatic rings. The third-order valence-electron chi connectivity index (χ3n) is 3.08. The summed E-state index contributed by atoms with van der Waals surface area (Å²) < 4.78 is 1.95. The number of nitrogens with one attached hydrogen (secondary N) is 1. The van der Waals surface area contributed by atoms with E-state index < -0.39 is 0 Å². The van der Waals surface area contributed by atoms with Crippen molar-refractivity contribution in [2.75, 3.05) is 11.9 Å². The van der Waals surface area contributed by atoms with E-state index in [1.54, 1.807) is 0 Å². The Morgan fingerprint density at radius 2 is 1.94 bits per heavy atom. The number of halogens is 1. The summed E-state index contributed by atoms with van der Waals surface area (Å²) >= 11 is 6.12. The molecule has 0 spiro atoms. The molecule has 2 rings (SSSR count). The van der Waals surface area contributed by atoms with Crippen LogP contribution in [0.5, 0.6) is 0 Å². The van der Waals surface area contributed by atoms with Gasteiger partial charge in [0.1, 0.15) is 0 Å². The molecule has 0 bridgehead atoms. The number of hydrogen-bond acceptors (Lipinski definition) is 2. The van der Waals surface area contributed by atoms with Gasteiger partial charge in [0, 0.05) is 12.2 Å². The zero-order valence-corrected chi connectivity index (χ0v) is 11.8. The van der Waals surface area contributed by atoms with Gasteiger partial charge in [-0.2, -0.15) is 5.10 Å². The lowest BCUT2D eigenvalue weighted by molar-refractivity contribution is 0.615. The molecular formula is C14H18ClN3. The summed E-state index contributed by atoms with van der Waals surface area (Å²) in [6, 6.07) is 8.27. The maximum Gasteiger partial charge on any atom is 0.0844 e. The third-order valence-corrected chi connectivity index (χ3v) is 3.62. The van der Waals surface area contributed by atoms with Crippen LogP contribution in [-0.4, -0.2) is 16.3 Å². The number of anilines is 1. The molecule has 96 valence electrons. The highest BCUT2D eigenvalue weighted by atomic mass is 35.5. The Morgan fingerprint density at radius 3 is 2.56 bits per heavy atom. The second-order valence-electron chi connectivity index (χ2n) is 4.45. The lowest BCUT2D eigenvalue weighted by atomic mass is 10.2. The van der Waals surface area contributed by atoms with Crippen molar-refractivity contribution in [3.8, 4) is 0 Å². The number of nitrogens with zero attached hydrogens (tertiary/aromatic N) is 2. The first kappa shape index (κ1) is 13.0. The summed E-state index contributed by atoms with van der Waals surface area (Å²) in [5.41, 5.74) is 4.35. The van der Waals surface area contributed by atoms with Crippen molar-refractivity contribution in [1.29, 1.82) is 0 Å². The van der Waals surface area contributed by atoms with Crippen molar-refractivity contribution in [2.24, 2.45) is 0 Å². The van der Waals surface area contributed by atoms with E-state index in [0.717, 1.165) is 29.5 Å². The van der Waals surface area contributed by atoms with Crippen LogP contribution in [0.15, 0.2) is 24.3 Å². The van der Waals surface area contributed by atoms with Gasteiger partial charge in [-0.1, -0.05) is 29.8 Å². The van der Waals surface area contributed by atoms with Gasteiger partial charge >= 0.3 is 0 Å². The van der Waals surface area contributed by atoms with E-state index in [1.807, 2.05) is 30.7 Å². The first-order valence-electron chi connectivity index (χ1n) is 6.08. The van der Waals surface area contributed by atoms with Gasteiger partial charge in [-0.05, 0) is 32.4 Å². The molecule has 0 fully saturated rings. The molecule has 0 unspecified atom stereocenters. The Balaban J connectivity index is 1.97. The first-order chi connectivity index (χ1) is 8.59. The van der Waals surface area contributed by atoms with Crippen LogP contribution >= 0.6 is 11.6 Å². The van der Waals surface area contributed by atoms with Crippen molar-refractivity contribution >= 4 is 17.3 Å². The zero-order valence-electron chi connectivity index (χ0n) is 11.0. The maximum absolute atomic E-state index is 6.12. The van der Waals surface area contributed by atoms with Crippen LogP contribution in [0.3, 0.4) is 0 Å². The Hall–Kier alpha value is -1.48. The van der Waals surface area contributed by atoms with E-state index in [0.29, 0.717) is 0 Å². The molecule has 0 radical (unpaired) electrons.